The van der Waals surface area contributed by atoms with Gasteiger partial charge in [-0.2, -0.15) is 5.26 Å². The number of para-hydroxylation sites is 1. The van der Waals surface area contributed by atoms with Crippen LogP contribution in [-0.4, -0.2) is 10.8 Å². The van der Waals surface area contributed by atoms with Gasteiger partial charge in [0.2, 0.25) is 0 Å². The van der Waals surface area contributed by atoms with E-state index in [0.717, 1.165) is 20.1 Å². The van der Waals surface area contributed by atoms with Crippen LogP contribution in [0, 0.1) is 11.3 Å². The summed E-state index contributed by atoms with van der Waals surface area (Å²) >= 11 is 3.00. The number of nitriles is 1. The molecule has 4 aromatic rings. The third-order valence-corrected chi connectivity index (χ3v) is 6.37. The maximum absolute atomic E-state index is 12.7. The number of carbonyl (C=O) groups is 1. The molecule has 0 amide bonds. The molecule has 3 aromatic carbocycles. The number of aromatic nitrogens is 1. The molecule has 0 aliphatic heterocycles. The Morgan fingerprint density at radius 1 is 0.963 bits per heavy atom. The van der Waals surface area contributed by atoms with E-state index in [0.29, 0.717) is 11.1 Å². The van der Waals surface area contributed by atoms with E-state index in [9.17, 15) is 10.1 Å². The summed E-state index contributed by atoms with van der Waals surface area (Å²) in [6, 6.07) is 26.7. The Morgan fingerprint density at radius 3 is 2.48 bits per heavy atom. The van der Waals surface area contributed by atoms with Crippen LogP contribution in [0.3, 0.4) is 0 Å². The highest BCUT2D eigenvalue weighted by Gasteiger charge is 2.17. The summed E-state index contributed by atoms with van der Waals surface area (Å²) in [5.74, 6) is -0.0425. The van der Waals surface area contributed by atoms with Crippen LogP contribution in [0.4, 0.5) is 0 Å². The maximum Gasteiger partial charge on any atom is 0.193 e. The highest BCUT2D eigenvalue weighted by molar-refractivity contribution is 8.01. The number of rotatable bonds is 5. The van der Waals surface area contributed by atoms with Crippen molar-refractivity contribution in [2.45, 2.75) is 9.59 Å². The van der Waals surface area contributed by atoms with Crippen molar-refractivity contribution in [2.24, 2.45) is 0 Å². The Bertz CT molecular complexity index is 1110. The van der Waals surface area contributed by atoms with E-state index >= 15 is 0 Å². The number of thiazole rings is 1. The third-order valence-electron chi connectivity index (χ3n) is 4.10. The number of nitrogens with zero attached hydrogens (tertiary/aromatic N) is 2. The van der Waals surface area contributed by atoms with Crippen LogP contribution < -0.4 is 0 Å². The first-order valence-electron chi connectivity index (χ1n) is 8.36. The van der Waals surface area contributed by atoms with Crippen LogP contribution in [-0.2, 0) is 0 Å². The SMILES string of the molecule is N#CC(Sc1nc2ccccc2s1)c1cccc(C(=O)c2ccccc2)c1. The van der Waals surface area contributed by atoms with E-state index < -0.39 is 5.25 Å². The summed E-state index contributed by atoms with van der Waals surface area (Å²) in [7, 11) is 0. The predicted molar refractivity (Wildman–Crippen MR) is 110 cm³/mol. The fourth-order valence-corrected chi connectivity index (χ4v) is 4.91. The van der Waals surface area contributed by atoms with Crippen molar-refractivity contribution in [2.75, 3.05) is 0 Å². The number of fused-ring (bicyclic) bond motifs is 1. The van der Waals surface area contributed by atoms with E-state index in [1.807, 2.05) is 60.7 Å². The van der Waals surface area contributed by atoms with Gasteiger partial charge in [-0.05, 0) is 23.8 Å². The van der Waals surface area contributed by atoms with Gasteiger partial charge in [-0.25, -0.2) is 4.98 Å². The lowest BCUT2D eigenvalue weighted by Crippen LogP contribution is -2.02. The van der Waals surface area contributed by atoms with Crippen LogP contribution in [0.5, 0.6) is 0 Å². The van der Waals surface area contributed by atoms with E-state index in [1.165, 1.54) is 11.8 Å². The van der Waals surface area contributed by atoms with Crippen molar-refractivity contribution in [1.82, 2.24) is 4.98 Å². The Hall–Kier alpha value is -2.94. The molecule has 3 nitrogen and oxygen atoms in total. The summed E-state index contributed by atoms with van der Waals surface area (Å²) < 4.78 is 1.95. The van der Waals surface area contributed by atoms with Crippen molar-refractivity contribution in [3.63, 3.8) is 0 Å². The minimum atomic E-state index is -0.422. The van der Waals surface area contributed by atoms with Gasteiger partial charge in [0.05, 0.1) is 16.3 Å². The minimum Gasteiger partial charge on any atom is -0.289 e. The number of ketones is 1. The van der Waals surface area contributed by atoms with Crippen molar-refractivity contribution in [3.05, 3.63) is 95.6 Å². The zero-order valence-electron chi connectivity index (χ0n) is 14.2. The molecule has 0 aliphatic carbocycles. The van der Waals surface area contributed by atoms with Gasteiger partial charge >= 0.3 is 0 Å². The standard InChI is InChI=1S/C22H14N2OS2/c23-14-20(27-22-24-18-11-4-5-12-19(18)26-22)16-9-6-10-17(13-16)21(25)15-7-2-1-3-8-15/h1-13,20H. The van der Waals surface area contributed by atoms with Crippen LogP contribution in [0.25, 0.3) is 10.2 Å². The van der Waals surface area contributed by atoms with Crippen molar-refractivity contribution < 1.29 is 4.79 Å². The summed E-state index contributed by atoms with van der Waals surface area (Å²) in [6.07, 6.45) is 0. The molecule has 1 unspecified atom stereocenters. The second-order valence-corrected chi connectivity index (χ2v) is 8.28. The van der Waals surface area contributed by atoms with Gasteiger partial charge in [-0.15, -0.1) is 11.3 Å². The maximum atomic E-state index is 12.7. The van der Waals surface area contributed by atoms with Gasteiger partial charge in [0.15, 0.2) is 10.1 Å². The largest absolute Gasteiger partial charge is 0.289 e. The minimum absolute atomic E-state index is 0.0425. The molecule has 0 aliphatic rings. The Balaban J connectivity index is 1.61. The number of thioether (sulfide) groups is 1. The molecule has 1 aromatic heterocycles. The molecule has 0 radical (unpaired) electrons. The summed E-state index contributed by atoms with van der Waals surface area (Å²) in [4.78, 5) is 17.3. The van der Waals surface area contributed by atoms with E-state index in [4.69, 9.17) is 0 Å². The van der Waals surface area contributed by atoms with Gasteiger partial charge in [0.25, 0.3) is 0 Å². The van der Waals surface area contributed by atoms with Crippen molar-refractivity contribution in [3.8, 4) is 6.07 Å². The molecular formula is C22H14N2OS2. The average molecular weight is 387 g/mol. The lowest BCUT2D eigenvalue weighted by Gasteiger charge is -2.09. The summed E-state index contributed by atoms with van der Waals surface area (Å²) in [5.41, 5.74) is 2.98. The average Bonchev–Trinajstić information content (AvgIpc) is 3.15. The Morgan fingerprint density at radius 2 is 1.70 bits per heavy atom. The van der Waals surface area contributed by atoms with Crippen molar-refractivity contribution >= 4 is 39.1 Å². The zero-order chi connectivity index (χ0) is 18.6. The molecule has 1 atom stereocenters. The monoisotopic (exact) mass is 386 g/mol. The second-order valence-electron chi connectivity index (χ2n) is 5.90. The Kier molecular flexibility index (Phi) is 5.01. The first-order chi connectivity index (χ1) is 13.2. The summed E-state index contributed by atoms with van der Waals surface area (Å²) in [5, 5.41) is 9.26. The molecular weight excluding hydrogens is 372 g/mol. The van der Waals surface area contributed by atoms with Crippen LogP contribution >= 0.6 is 23.1 Å². The fourth-order valence-electron chi connectivity index (χ4n) is 2.77. The molecule has 0 N–H and O–H groups in total. The molecule has 130 valence electrons. The molecule has 0 fully saturated rings. The highest BCUT2D eigenvalue weighted by Crippen LogP contribution is 2.39. The molecule has 0 spiro atoms. The fraction of sp³-hybridized carbons (Fsp3) is 0.0455. The molecule has 0 saturated carbocycles. The molecule has 5 heteroatoms. The molecule has 0 bridgehead atoms. The molecule has 27 heavy (non-hydrogen) atoms. The lowest BCUT2D eigenvalue weighted by molar-refractivity contribution is 0.103. The normalized spacial score (nSPS) is 11.8. The molecule has 0 saturated heterocycles. The van der Waals surface area contributed by atoms with E-state index in [-0.39, 0.29) is 5.78 Å². The summed E-state index contributed by atoms with van der Waals surface area (Å²) in [6.45, 7) is 0. The first-order valence-corrected chi connectivity index (χ1v) is 10.1. The van der Waals surface area contributed by atoms with Gasteiger partial charge in [0.1, 0.15) is 5.25 Å². The Labute approximate surface area is 165 Å². The van der Waals surface area contributed by atoms with Gasteiger partial charge in [-0.3, -0.25) is 4.79 Å². The smallest absolute Gasteiger partial charge is 0.193 e. The lowest BCUT2D eigenvalue weighted by atomic mass is 10.0. The van der Waals surface area contributed by atoms with Crippen molar-refractivity contribution in [1.29, 1.82) is 5.26 Å². The van der Waals surface area contributed by atoms with Crippen LogP contribution in [0.1, 0.15) is 26.7 Å². The number of hydrogen-bond acceptors (Lipinski definition) is 5. The van der Waals surface area contributed by atoms with Gasteiger partial charge in [-0.1, -0.05) is 72.4 Å². The number of carbonyl (C=O) groups excluding carboxylic acids is 1. The number of hydrogen-bond donors (Lipinski definition) is 0. The quantitative estimate of drug-likeness (QED) is 0.317. The number of benzene rings is 3. The zero-order valence-corrected chi connectivity index (χ0v) is 15.8. The van der Waals surface area contributed by atoms with E-state index in [2.05, 4.69) is 11.1 Å². The predicted octanol–water partition coefficient (Wildman–Crippen LogP) is 5.88. The van der Waals surface area contributed by atoms with Crippen LogP contribution in [0.2, 0.25) is 0 Å². The second kappa shape index (κ2) is 7.75. The van der Waals surface area contributed by atoms with E-state index in [1.54, 1.807) is 29.5 Å². The van der Waals surface area contributed by atoms with Gasteiger partial charge < -0.3 is 0 Å². The highest BCUT2D eigenvalue weighted by atomic mass is 32.2. The topological polar surface area (TPSA) is 53.8 Å². The molecule has 4 rings (SSSR count). The molecule has 1 heterocycles. The van der Waals surface area contributed by atoms with Gasteiger partial charge in [0, 0.05) is 11.1 Å². The first kappa shape index (κ1) is 17.5. The van der Waals surface area contributed by atoms with Crippen LogP contribution in [0.15, 0.2) is 83.2 Å². The third kappa shape index (κ3) is 3.77.